The lowest BCUT2D eigenvalue weighted by molar-refractivity contribution is 0.185. The number of aromatic nitrogens is 2. The zero-order chi connectivity index (χ0) is 8.97. The summed E-state index contributed by atoms with van der Waals surface area (Å²) in [6, 6.07) is 0. The number of nitrogens with zero attached hydrogens (tertiary/aromatic N) is 2. The van der Waals surface area contributed by atoms with Crippen LogP contribution in [0.1, 0.15) is 0 Å². The minimum Gasteiger partial charge on any atom is -0.383 e. The van der Waals surface area contributed by atoms with Gasteiger partial charge < -0.3 is 4.74 Å². The second-order valence-corrected chi connectivity index (χ2v) is 3.03. The summed E-state index contributed by atoms with van der Waals surface area (Å²) in [5, 5.41) is 0. The van der Waals surface area contributed by atoms with Gasteiger partial charge in [0, 0.05) is 7.11 Å². The maximum absolute atomic E-state index is 11.2. The highest BCUT2D eigenvalue weighted by atomic mass is 79.9. The van der Waals surface area contributed by atoms with Crippen molar-refractivity contribution in [2.45, 2.75) is 6.54 Å². The molecule has 0 saturated heterocycles. The molecule has 1 aromatic rings. The van der Waals surface area contributed by atoms with Crippen LogP contribution in [0.2, 0.25) is 0 Å². The van der Waals surface area contributed by atoms with Gasteiger partial charge in [-0.15, -0.1) is 0 Å². The summed E-state index contributed by atoms with van der Waals surface area (Å²) in [4.78, 5) is 14.9. The normalized spacial score (nSPS) is 10.2. The van der Waals surface area contributed by atoms with Gasteiger partial charge in [-0.1, -0.05) is 0 Å². The highest BCUT2D eigenvalue weighted by molar-refractivity contribution is 9.10. The standard InChI is InChI=1S/C7H9BrN2O2/c1-12-3-2-10-6(8)4-9-5-7(10)11/h4-5H,2-3H2,1H3. The molecule has 0 N–H and O–H groups in total. The van der Waals surface area contributed by atoms with Gasteiger partial charge in [0.2, 0.25) is 0 Å². The third-order valence-electron chi connectivity index (χ3n) is 1.41. The summed E-state index contributed by atoms with van der Waals surface area (Å²) in [6.07, 6.45) is 2.86. The molecule has 0 amide bonds. The summed E-state index contributed by atoms with van der Waals surface area (Å²) < 4.78 is 7.08. The number of ether oxygens (including phenoxy) is 1. The topological polar surface area (TPSA) is 44.1 Å². The van der Waals surface area contributed by atoms with Crippen molar-refractivity contribution in [3.05, 3.63) is 27.4 Å². The summed E-state index contributed by atoms with van der Waals surface area (Å²) in [5.41, 5.74) is -0.124. The van der Waals surface area contributed by atoms with E-state index >= 15 is 0 Å². The van der Waals surface area contributed by atoms with Crippen LogP contribution >= 0.6 is 15.9 Å². The van der Waals surface area contributed by atoms with E-state index in [1.165, 1.54) is 6.20 Å². The van der Waals surface area contributed by atoms with Crippen molar-refractivity contribution in [3.8, 4) is 0 Å². The molecule has 0 fully saturated rings. The average molecular weight is 233 g/mol. The second-order valence-electron chi connectivity index (χ2n) is 2.21. The molecule has 4 nitrogen and oxygen atoms in total. The largest absolute Gasteiger partial charge is 0.383 e. The van der Waals surface area contributed by atoms with E-state index in [2.05, 4.69) is 20.9 Å². The molecule has 1 heterocycles. The molecule has 0 aliphatic rings. The molecule has 0 aliphatic carbocycles. The quantitative estimate of drug-likeness (QED) is 0.769. The number of halogens is 1. The highest BCUT2D eigenvalue weighted by Crippen LogP contribution is 2.03. The Bertz CT molecular complexity index is 311. The van der Waals surface area contributed by atoms with Gasteiger partial charge in [-0.2, -0.15) is 0 Å². The predicted octanol–water partition coefficient (Wildman–Crippen LogP) is 0.652. The van der Waals surface area contributed by atoms with Crippen LogP contribution in [0.5, 0.6) is 0 Å². The minimum absolute atomic E-state index is 0.124. The fourth-order valence-corrected chi connectivity index (χ4v) is 1.28. The fourth-order valence-electron chi connectivity index (χ4n) is 0.807. The number of hydrogen-bond donors (Lipinski definition) is 0. The lowest BCUT2D eigenvalue weighted by Gasteiger charge is -2.05. The zero-order valence-electron chi connectivity index (χ0n) is 6.66. The van der Waals surface area contributed by atoms with Gasteiger partial charge in [0.15, 0.2) is 0 Å². The monoisotopic (exact) mass is 232 g/mol. The lowest BCUT2D eigenvalue weighted by Crippen LogP contribution is -2.22. The van der Waals surface area contributed by atoms with Gasteiger partial charge in [-0.05, 0) is 15.9 Å². The average Bonchev–Trinajstić information content (AvgIpc) is 2.04. The van der Waals surface area contributed by atoms with Crippen molar-refractivity contribution in [2.75, 3.05) is 13.7 Å². The Balaban J connectivity index is 2.89. The van der Waals surface area contributed by atoms with E-state index in [1.807, 2.05) is 0 Å². The van der Waals surface area contributed by atoms with Crippen LogP contribution in [0.4, 0.5) is 0 Å². The first-order chi connectivity index (χ1) is 5.75. The van der Waals surface area contributed by atoms with Crippen LogP contribution in [-0.2, 0) is 11.3 Å². The van der Waals surface area contributed by atoms with Gasteiger partial charge in [-0.3, -0.25) is 14.3 Å². The molecule has 0 unspecified atom stereocenters. The van der Waals surface area contributed by atoms with Crippen molar-refractivity contribution < 1.29 is 4.74 Å². The molecule has 66 valence electrons. The van der Waals surface area contributed by atoms with E-state index in [4.69, 9.17) is 4.74 Å². The first kappa shape index (κ1) is 9.41. The molecule has 0 spiro atoms. The fraction of sp³-hybridized carbons (Fsp3) is 0.429. The molecule has 0 radical (unpaired) electrons. The minimum atomic E-state index is -0.124. The summed E-state index contributed by atoms with van der Waals surface area (Å²) in [6.45, 7) is 1.06. The van der Waals surface area contributed by atoms with Gasteiger partial charge >= 0.3 is 0 Å². The van der Waals surface area contributed by atoms with Crippen molar-refractivity contribution in [2.24, 2.45) is 0 Å². The van der Waals surface area contributed by atoms with E-state index in [1.54, 1.807) is 17.9 Å². The summed E-state index contributed by atoms with van der Waals surface area (Å²) >= 11 is 3.22. The van der Waals surface area contributed by atoms with Gasteiger partial charge in [0.1, 0.15) is 4.60 Å². The highest BCUT2D eigenvalue weighted by Gasteiger charge is 1.99. The zero-order valence-corrected chi connectivity index (χ0v) is 8.24. The first-order valence-corrected chi connectivity index (χ1v) is 4.24. The molecule has 12 heavy (non-hydrogen) atoms. The van der Waals surface area contributed by atoms with Crippen molar-refractivity contribution in [1.29, 1.82) is 0 Å². The van der Waals surface area contributed by atoms with E-state index in [9.17, 15) is 4.79 Å². The Labute approximate surface area is 78.3 Å². The molecule has 0 bridgehead atoms. The third-order valence-corrected chi connectivity index (χ3v) is 2.04. The first-order valence-electron chi connectivity index (χ1n) is 3.45. The maximum Gasteiger partial charge on any atom is 0.269 e. The molecular formula is C7H9BrN2O2. The SMILES string of the molecule is COCCn1c(Br)cncc1=O. The van der Waals surface area contributed by atoms with E-state index in [0.717, 1.165) is 0 Å². The maximum atomic E-state index is 11.2. The van der Waals surface area contributed by atoms with Gasteiger partial charge in [0.25, 0.3) is 5.56 Å². The number of hydrogen-bond acceptors (Lipinski definition) is 3. The molecular weight excluding hydrogens is 224 g/mol. The third kappa shape index (κ3) is 2.15. The Kier molecular flexibility index (Phi) is 3.43. The van der Waals surface area contributed by atoms with E-state index in [0.29, 0.717) is 17.8 Å². The van der Waals surface area contributed by atoms with Gasteiger partial charge in [0.05, 0.1) is 25.5 Å². The Hall–Kier alpha value is -0.680. The van der Waals surface area contributed by atoms with Crippen molar-refractivity contribution in [1.82, 2.24) is 9.55 Å². The molecule has 0 saturated carbocycles. The van der Waals surface area contributed by atoms with Crippen LogP contribution in [0.25, 0.3) is 0 Å². The van der Waals surface area contributed by atoms with Gasteiger partial charge in [-0.25, -0.2) is 0 Å². The summed E-state index contributed by atoms with van der Waals surface area (Å²) in [7, 11) is 1.60. The van der Waals surface area contributed by atoms with E-state index < -0.39 is 0 Å². The molecule has 0 atom stereocenters. The summed E-state index contributed by atoms with van der Waals surface area (Å²) in [5.74, 6) is 0. The predicted molar refractivity (Wildman–Crippen MR) is 48.1 cm³/mol. The van der Waals surface area contributed by atoms with Crippen LogP contribution in [0.3, 0.4) is 0 Å². The van der Waals surface area contributed by atoms with Crippen molar-refractivity contribution in [3.63, 3.8) is 0 Å². The van der Waals surface area contributed by atoms with Crippen molar-refractivity contribution >= 4 is 15.9 Å². The Morgan fingerprint density at radius 1 is 1.67 bits per heavy atom. The molecule has 1 aromatic heterocycles. The van der Waals surface area contributed by atoms with Crippen LogP contribution < -0.4 is 5.56 Å². The number of methoxy groups -OCH3 is 1. The Morgan fingerprint density at radius 3 is 3.00 bits per heavy atom. The smallest absolute Gasteiger partial charge is 0.269 e. The van der Waals surface area contributed by atoms with E-state index in [-0.39, 0.29) is 5.56 Å². The molecule has 5 heteroatoms. The Morgan fingerprint density at radius 2 is 2.42 bits per heavy atom. The van der Waals surface area contributed by atoms with Crippen LogP contribution in [0, 0.1) is 0 Å². The lowest BCUT2D eigenvalue weighted by atomic mass is 10.6. The van der Waals surface area contributed by atoms with Crippen LogP contribution in [-0.4, -0.2) is 23.3 Å². The molecule has 0 aromatic carbocycles. The number of rotatable bonds is 3. The second kappa shape index (κ2) is 4.37. The molecule has 1 rings (SSSR count). The van der Waals surface area contributed by atoms with Crippen LogP contribution in [0.15, 0.2) is 21.8 Å². The molecule has 0 aliphatic heterocycles.